The van der Waals surface area contributed by atoms with Crippen molar-refractivity contribution < 1.29 is 4.92 Å². The second kappa shape index (κ2) is 6.74. The molecular formula is C12H16N2O2. The Hall–Kier alpha value is -1.68. The minimum atomic E-state index is -0.374. The second-order valence-corrected chi connectivity index (χ2v) is 3.53. The van der Waals surface area contributed by atoms with Gasteiger partial charge in [-0.05, 0) is 24.9 Å². The average Bonchev–Trinajstić information content (AvgIpc) is 2.29. The summed E-state index contributed by atoms with van der Waals surface area (Å²) in [5.74, 6) is 0. The topological polar surface area (TPSA) is 55.2 Å². The summed E-state index contributed by atoms with van der Waals surface area (Å²) in [6.45, 7) is 5.21. The van der Waals surface area contributed by atoms with Crippen LogP contribution in [0.1, 0.15) is 18.4 Å². The monoisotopic (exact) mass is 220 g/mol. The summed E-state index contributed by atoms with van der Waals surface area (Å²) in [5.41, 5.74) is 1.08. The van der Waals surface area contributed by atoms with Gasteiger partial charge in [0.2, 0.25) is 0 Å². The first-order valence-electron chi connectivity index (χ1n) is 5.29. The molecule has 1 aromatic rings. The number of nitrogens with one attached hydrogen (secondary N) is 1. The highest BCUT2D eigenvalue weighted by molar-refractivity contribution is 5.34. The van der Waals surface area contributed by atoms with Gasteiger partial charge in [-0.2, -0.15) is 0 Å². The molecule has 16 heavy (non-hydrogen) atoms. The zero-order chi connectivity index (χ0) is 11.8. The fourth-order valence-electron chi connectivity index (χ4n) is 1.38. The lowest BCUT2D eigenvalue weighted by molar-refractivity contribution is -0.384. The molecule has 4 heteroatoms. The molecule has 0 aliphatic carbocycles. The van der Waals surface area contributed by atoms with Gasteiger partial charge in [0, 0.05) is 18.7 Å². The third kappa shape index (κ3) is 4.23. The second-order valence-electron chi connectivity index (χ2n) is 3.53. The van der Waals surface area contributed by atoms with Crippen LogP contribution >= 0.6 is 0 Å². The Balaban J connectivity index is 2.39. The third-order valence-corrected chi connectivity index (χ3v) is 2.21. The van der Waals surface area contributed by atoms with Gasteiger partial charge in [0.1, 0.15) is 0 Å². The van der Waals surface area contributed by atoms with Crippen molar-refractivity contribution >= 4 is 5.69 Å². The minimum absolute atomic E-state index is 0.144. The van der Waals surface area contributed by atoms with Gasteiger partial charge < -0.3 is 5.32 Å². The summed E-state index contributed by atoms with van der Waals surface area (Å²) >= 11 is 0. The predicted molar refractivity (Wildman–Crippen MR) is 64.2 cm³/mol. The van der Waals surface area contributed by atoms with Crippen LogP contribution in [0.5, 0.6) is 0 Å². The van der Waals surface area contributed by atoms with Crippen LogP contribution in [0.4, 0.5) is 5.69 Å². The van der Waals surface area contributed by atoms with Crippen molar-refractivity contribution in [2.45, 2.75) is 19.4 Å². The Bertz CT molecular complexity index is 364. The highest BCUT2D eigenvalue weighted by Crippen LogP contribution is 2.12. The van der Waals surface area contributed by atoms with E-state index in [2.05, 4.69) is 11.9 Å². The van der Waals surface area contributed by atoms with Gasteiger partial charge in [-0.15, -0.1) is 6.58 Å². The van der Waals surface area contributed by atoms with Gasteiger partial charge in [0.05, 0.1) is 4.92 Å². The molecule has 0 saturated heterocycles. The molecule has 4 nitrogen and oxygen atoms in total. The van der Waals surface area contributed by atoms with Crippen LogP contribution in [0.25, 0.3) is 0 Å². The molecule has 0 spiro atoms. The van der Waals surface area contributed by atoms with Crippen molar-refractivity contribution in [1.82, 2.24) is 5.32 Å². The first-order chi connectivity index (χ1) is 7.74. The van der Waals surface area contributed by atoms with Crippen molar-refractivity contribution in [1.29, 1.82) is 0 Å². The maximum Gasteiger partial charge on any atom is 0.269 e. The molecule has 0 bridgehead atoms. The van der Waals surface area contributed by atoms with Crippen molar-refractivity contribution in [3.8, 4) is 0 Å². The number of non-ortho nitro benzene ring substituents is 1. The molecule has 0 aliphatic heterocycles. The van der Waals surface area contributed by atoms with E-state index in [0.29, 0.717) is 6.54 Å². The van der Waals surface area contributed by atoms with Gasteiger partial charge >= 0.3 is 0 Å². The molecule has 1 rings (SSSR count). The summed E-state index contributed by atoms with van der Waals surface area (Å²) in [6.07, 6.45) is 3.91. The average molecular weight is 220 g/mol. The number of benzene rings is 1. The highest BCUT2D eigenvalue weighted by atomic mass is 16.6. The van der Waals surface area contributed by atoms with E-state index in [0.717, 1.165) is 24.9 Å². The molecule has 0 heterocycles. The first kappa shape index (κ1) is 12.4. The van der Waals surface area contributed by atoms with Crippen molar-refractivity contribution in [2.75, 3.05) is 6.54 Å². The molecule has 1 aromatic carbocycles. The minimum Gasteiger partial charge on any atom is -0.313 e. The number of unbranched alkanes of at least 4 members (excludes halogenated alkanes) is 1. The summed E-state index contributed by atoms with van der Waals surface area (Å²) < 4.78 is 0. The Morgan fingerprint density at radius 2 is 2.31 bits per heavy atom. The maximum atomic E-state index is 10.5. The number of nitro groups is 1. The van der Waals surface area contributed by atoms with Crippen molar-refractivity contribution in [3.63, 3.8) is 0 Å². The Morgan fingerprint density at radius 3 is 3.00 bits per heavy atom. The fraction of sp³-hybridized carbons (Fsp3) is 0.333. The maximum absolute atomic E-state index is 10.5. The van der Waals surface area contributed by atoms with E-state index in [4.69, 9.17) is 0 Å². The van der Waals surface area contributed by atoms with Crippen LogP contribution in [0.2, 0.25) is 0 Å². The van der Waals surface area contributed by atoms with Crippen LogP contribution in [-0.2, 0) is 6.54 Å². The van der Waals surface area contributed by atoms with E-state index in [1.165, 1.54) is 6.07 Å². The standard InChI is InChI=1S/C12H16N2O2/c1-2-3-4-8-13-10-11-6-5-7-12(9-11)14(15)16/h2,5-7,9,13H,1,3-4,8,10H2. The third-order valence-electron chi connectivity index (χ3n) is 2.21. The molecule has 0 atom stereocenters. The number of nitrogens with zero attached hydrogens (tertiary/aromatic N) is 1. The lowest BCUT2D eigenvalue weighted by Crippen LogP contribution is -2.14. The summed E-state index contributed by atoms with van der Waals surface area (Å²) in [5, 5.41) is 13.8. The molecule has 0 saturated carbocycles. The van der Waals surface area contributed by atoms with Gasteiger partial charge in [-0.1, -0.05) is 18.2 Å². The molecule has 0 unspecified atom stereocenters. The Morgan fingerprint density at radius 1 is 1.50 bits per heavy atom. The normalized spacial score (nSPS) is 10.0. The predicted octanol–water partition coefficient (Wildman–Crippen LogP) is 2.65. The van der Waals surface area contributed by atoms with Crippen LogP contribution in [0, 0.1) is 10.1 Å². The number of allylic oxidation sites excluding steroid dienone is 1. The Kier molecular flexibility index (Phi) is 5.22. The van der Waals surface area contributed by atoms with Crippen LogP contribution in [0.15, 0.2) is 36.9 Å². The van der Waals surface area contributed by atoms with Crippen LogP contribution in [-0.4, -0.2) is 11.5 Å². The fourth-order valence-corrected chi connectivity index (χ4v) is 1.38. The van der Waals surface area contributed by atoms with Gasteiger partial charge in [0.15, 0.2) is 0 Å². The van der Waals surface area contributed by atoms with Gasteiger partial charge in [0.25, 0.3) is 5.69 Å². The molecule has 0 aromatic heterocycles. The zero-order valence-electron chi connectivity index (χ0n) is 9.19. The molecule has 86 valence electrons. The largest absolute Gasteiger partial charge is 0.313 e. The lowest BCUT2D eigenvalue weighted by atomic mass is 10.2. The highest BCUT2D eigenvalue weighted by Gasteiger charge is 2.04. The van der Waals surface area contributed by atoms with E-state index in [9.17, 15) is 10.1 Å². The molecule has 0 amide bonds. The van der Waals surface area contributed by atoms with Crippen LogP contribution in [0.3, 0.4) is 0 Å². The number of hydrogen-bond acceptors (Lipinski definition) is 3. The van der Waals surface area contributed by atoms with Crippen molar-refractivity contribution in [3.05, 3.63) is 52.6 Å². The smallest absolute Gasteiger partial charge is 0.269 e. The first-order valence-corrected chi connectivity index (χ1v) is 5.29. The summed E-state index contributed by atoms with van der Waals surface area (Å²) in [4.78, 5) is 10.2. The van der Waals surface area contributed by atoms with Gasteiger partial charge in [-0.25, -0.2) is 0 Å². The molecular weight excluding hydrogens is 204 g/mol. The number of nitro benzene ring substituents is 1. The van der Waals surface area contributed by atoms with E-state index >= 15 is 0 Å². The van der Waals surface area contributed by atoms with Gasteiger partial charge in [-0.3, -0.25) is 10.1 Å². The summed E-state index contributed by atoms with van der Waals surface area (Å²) in [7, 11) is 0. The van der Waals surface area contributed by atoms with E-state index < -0.39 is 0 Å². The molecule has 0 aliphatic rings. The lowest BCUT2D eigenvalue weighted by Gasteiger charge is -2.03. The van der Waals surface area contributed by atoms with E-state index in [1.807, 2.05) is 12.1 Å². The van der Waals surface area contributed by atoms with E-state index in [-0.39, 0.29) is 10.6 Å². The van der Waals surface area contributed by atoms with Crippen LogP contribution < -0.4 is 5.32 Å². The molecule has 1 N–H and O–H groups in total. The molecule has 0 fully saturated rings. The Labute approximate surface area is 95.1 Å². The summed E-state index contributed by atoms with van der Waals surface area (Å²) in [6, 6.07) is 6.69. The number of rotatable bonds is 7. The molecule has 0 radical (unpaired) electrons. The van der Waals surface area contributed by atoms with E-state index in [1.54, 1.807) is 12.1 Å². The SMILES string of the molecule is C=CCCCNCc1cccc([N+](=O)[O-])c1. The number of hydrogen-bond donors (Lipinski definition) is 1. The quantitative estimate of drug-likeness (QED) is 0.332. The van der Waals surface area contributed by atoms with Crippen molar-refractivity contribution in [2.24, 2.45) is 0 Å². The zero-order valence-corrected chi connectivity index (χ0v) is 9.19.